The molecule has 0 atom stereocenters. The molecule has 0 fully saturated rings. The van der Waals surface area contributed by atoms with Crippen molar-refractivity contribution in [2.45, 2.75) is 13.3 Å². The number of hydrogen-bond acceptors (Lipinski definition) is 3. The van der Waals surface area contributed by atoms with Gasteiger partial charge in [-0.1, -0.05) is 42.0 Å². The Labute approximate surface area is 187 Å². The van der Waals surface area contributed by atoms with Gasteiger partial charge in [0.1, 0.15) is 5.75 Å². The number of guanidine groups is 1. The number of carbonyl (C=O) groups excluding carboxylic acids is 1. The molecule has 1 amide bonds. The number of aliphatic imine (C=N–C) groups is 1. The van der Waals surface area contributed by atoms with Crippen molar-refractivity contribution in [1.82, 2.24) is 10.3 Å². The van der Waals surface area contributed by atoms with E-state index in [1.54, 1.807) is 19.2 Å². The molecule has 0 unspecified atom stereocenters. The highest BCUT2D eigenvalue weighted by Gasteiger charge is 2.10. The number of aromatic amines is 1. The van der Waals surface area contributed by atoms with Gasteiger partial charge in [-0.15, -0.1) is 0 Å². The Kier molecular flexibility index (Phi) is 6.51. The molecule has 4 rings (SSSR count). The van der Waals surface area contributed by atoms with Crippen molar-refractivity contribution in [2.75, 3.05) is 19.0 Å². The first-order valence-corrected chi connectivity index (χ1v) is 10.5. The lowest BCUT2D eigenvalue weighted by Gasteiger charge is -2.13. The molecular formula is C26H26N4O2. The first kappa shape index (κ1) is 21.2. The molecule has 1 heterocycles. The number of nitrogens with one attached hydrogen (secondary N) is 3. The maximum atomic E-state index is 12.8. The Bertz CT molecular complexity index is 1240. The van der Waals surface area contributed by atoms with Gasteiger partial charge in [-0.25, -0.2) is 0 Å². The number of hydrogen-bond donors (Lipinski definition) is 3. The zero-order chi connectivity index (χ0) is 22.3. The molecule has 0 radical (unpaired) electrons. The topological polar surface area (TPSA) is 78.5 Å². The normalized spacial score (nSPS) is 11.4. The van der Waals surface area contributed by atoms with Crippen LogP contribution in [0.15, 0.2) is 84.0 Å². The Morgan fingerprint density at radius 1 is 1.03 bits per heavy atom. The van der Waals surface area contributed by atoms with Gasteiger partial charge < -0.3 is 15.0 Å². The van der Waals surface area contributed by atoms with Gasteiger partial charge in [0.15, 0.2) is 0 Å². The summed E-state index contributed by atoms with van der Waals surface area (Å²) in [7, 11) is 1.62. The van der Waals surface area contributed by atoms with Crippen molar-refractivity contribution in [3.8, 4) is 5.75 Å². The van der Waals surface area contributed by atoms with E-state index < -0.39 is 0 Å². The van der Waals surface area contributed by atoms with Gasteiger partial charge in [0, 0.05) is 41.0 Å². The number of H-pyrrole nitrogens is 1. The third kappa shape index (κ3) is 5.16. The average Bonchev–Trinajstić information content (AvgIpc) is 3.22. The number of aryl methyl sites for hydroxylation is 1. The first-order valence-electron chi connectivity index (χ1n) is 10.5. The highest BCUT2D eigenvalue weighted by molar-refractivity contribution is 6.10. The number of methoxy groups -OCH3 is 1. The number of rotatable bonds is 6. The second-order valence-corrected chi connectivity index (χ2v) is 7.52. The third-order valence-corrected chi connectivity index (χ3v) is 5.20. The number of aromatic nitrogens is 1. The molecule has 0 saturated heterocycles. The minimum atomic E-state index is -0.216. The molecule has 3 N–H and O–H groups in total. The lowest BCUT2D eigenvalue weighted by atomic mass is 10.1. The summed E-state index contributed by atoms with van der Waals surface area (Å²) in [6.07, 6.45) is 2.76. The minimum Gasteiger partial charge on any atom is -0.497 e. The monoisotopic (exact) mass is 426 g/mol. The Balaban J connectivity index is 1.52. The zero-order valence-corrected chi connectivity index (χ0v) is 18.2. The van der Waals surface area contributed by atoms with Crippen molar-refractivity contribution >= 4 is 28.5 Å². The molecule has 6 heteroatoms. The summed E-state index contributed by atoms with van der Waals surface area (Å²) in [6, 6.07) is 23.1. The molecule has 162 valence electrons. The Morgan fingerprint density at radius 2 is 1.84 bits per heavy atom. The average molecular weight is 427 g/mol. The summed E-state index contributed by atoms with van der Waals surface area (Å²) in [4.78, 5) is 20.7. The van der Waals surface area contributed by atoms with Gasteiger partial charge in [-0.2, -0.15) is 0 Å². The molecule has 1 aromatic heterocycles. The summed E-state index contributed by atoms with van der Waals surface area (Å²) in [5, 5.41) is 7.31. The molecule has 0 aliphatic carbocycles. The predicted molar refractivity (Wildman–Crippen MR) is 130 cm³/mol. The second kappa shape index (κ2) is 9.83. The molecule has 6 nitrogen and oxygen atoms in total. The van der Waals surface area contributed by atoms with Crippen molar-refractivity contribution < 1.29 is 9.53 Å². The fourth-order valence-corrected chi connectivity index (χ4v) is 3.46. The van der Waals surface area contributed by atoms with E-state index in [0.717, 1.165) is 28.9 Å². The largest absolute Gasteiger partial charge is 0.497 e. The first-order chi connectivity index (χ1) is 15.6. The van der Waals surface area contributed by atoms with Crippen LogP contribution in [0.25, 0.3) is 10.9 Å². The highest BCUT2D eigenvalue weighted by atomic mass is 16.5. The van der Waals surface area contributed by atoms with Gasteiger partial charge in [-0.3, -0.25) is 15.1 Å². The van der Waals surface area contributed by atoms with E-state index in [-0.39, 0.29) is 5.91 Å². The fraction of sp³-hybridized carbons (Fsp3) is 0.154. The highest BCUT2D eigenvalue weighted by Crippen LogP contribution is 2.19. The summed E-state index contributed by atoms with van der Waals surface area (Å²) < 4.78 is 5.30. The summed E-state index contributed by atoms with van der Waals surface area (Å²) >= 11 is 0. The van der Waals surface area contributed by atoms with Crippen molar-refractivity contribution in [3.63, 3.8) is 0 Å². The standard InChI is InChI=1S/C26H26N4O2/c1-18-10-12-19(13-11-18)25(31)30-26(29-21-6-5-7-22(16-21)32-2)27-15-14-20-17-28-24-9-4-3-8-23(20)24/h3-13,16-17,28H,14-15H2,1-2H3,(H2,27,29,30,31). The van der Waals surface area contributed by atoms with E-state index in [1.165, 1.54) is 10.9 Å². The van der Waals surface area contributed by atoms with Gasteiger partial charge in [0.25, 0.3) is 5.91 Å². The van der Waals surface area contributed by atoms with Crippen LogP contribution in [-0.2, 0) is 6.42 Å². The molecule has 0 aliphatic rings. The predicted octanol–water partition coefficient (Wildman–Crippen LogP) is 4.93. The molecule has 4 aromatic rings. The van der Waals surface area contributed by atoms with Crippen molar-refractivity contribution in [1.29, 1.82) is 0 Å². The fourth-order valence-electron chi connectivity index (χ4n) is 3.46. The van der Waals surface area contributed by atoms with Crippen LogP contribution in [-0.4, -0.2) is 30.5 Å². The lowest BCUT2D eigenvalue weighted by molar-refractivity contribution is 0.0977. The van der Waals surface area contributed by atoms with E-state index in [0.29, 0.717) is 18.1 Å². The number of benzene rings is 3. The van der Waals surface area contributed by atoms with Crippen LogP contribution >= 0.6 is 0 Å². The summed E-state index contributed by atoms with van der Waals surface area (Å²) in [5.74, 6) is 0.896. The van der Waals surface area contributed by atoms with Crippen LogP contribution in [0.4, 0.5) is 5.69 Å². The minimum absolute atomic E-state index is 0.216. The van der Waals surface area contributed by atoms with Gasteiger partial charge in [0.05, 0.1) is 7.11 Å². The van der Waals surface area contributed by atoms with Crippen LogP contribution in [0.5, 0.6) is 5.75 Å². The molecule has 0 aliphatic heterocycles. The maximum absolute atomic E-state index is 12.8. The quantitative estimate of drug-likeness (QED) is 0.302. The smallest absolute Gasteiger partial charge is 0.257 e. The van der Waals surface area contributed by atoms with Crippen LogP contribution in [0.1, 0.15) is 21.5 Å². The number of ether oxygens (including phenoxy) is 1. The number of para-hydroxylation sites is 1. The van der Waals surface area contributed by atoms with E-state index in [1.807, 2.05) is 61.7 Å². The van der Waals surface area contributed by atoms with E-state index in [4.69, 9.17) is 4.74 Å². The molecule has 0 spiro atoms. The summed E-state index contributed by atoms with van der Waals surface area (Å²) in [6.45, 7) is 2.51. The van der Waals surface area contributed by atoms with Crippen molar-refractivity contribution in [2.24, 2.45) is 4.99 Å². The Hall–Kier alpha value is -4.06. The molecule has 0 bridgehead atoms. The van der Waals surface area contributed by atoms with Gasteiger partial charge >= 0.3 is 0 Å². The second-order valence-electron chi connectivity index (χ2n) is 7.52. The Morgan fingerprint density at radius 3 is 2.66 bits per heavy atom. The zero-order valence-electron chi connectivity index (χ0n) is 18.2. The van der Waals surface area contributed by atoms with Crippen LogP contribution in [0, 0.1) is 6.92 Å². The SMILES string of the molecule is COc1cccc(NC(=NCCc2c[nH]c3ccccc23)NC(=O)c2ccc(C)cc2)c1. The van der Waals surface area contributed by atoms with E-state index in [2.05, 4.69) is 32.7 Å². The van der Waals surface area contributed by atoms with Crippen molar-refractivity contribution in [3.05, 3.63) is 95.7 Å². The number of carbonyl (C=O) groups is 1. The van der Waals surface area contributed by atoms with E-state index in [9.17, 15) is 4.79 Å². The van der Waals surface area contributed by atoms with Crippen LogP contribution in [0.3, 0.4) is 0 Å². The number of anilines is 1. The number of nitrogens with zero attached hydrogens (tertiary/aromatic N) is 1. The number of fused-ring (bicyclic) bond motifs is 1. The molecule has 0 saturated carbocycles. The molecule has 32 heavy (non-hydrogen) atoms. The van der Waals surface area contributed by atoms with Gasteiger partial charge in [0.2, 0.25) is 5.96 Å². The van der Waals surface area contributed by atoms with E-state index >= 15 is 0 Å². The van der Waals surface area contributed by atoms with Gasteiger partial charge in [-0.05, 0) is 49.2 Å². The van der Waals surface area contributed by atoms with Crippen LogP contribution in [0.2, 0.25) is 0 Å². The summed E-state index contributed by atoms with van der Waals surface area (Å²) in [5.41, 5.74) is 4.75. The van der Waals surface area contributed by atoms with Crippen LogP contribution < -0.4 is 15.4 Å². The lowest BCUT2D eigenvalue weighted by Crippen LogP contribution is -2.36. The maximum Gasteiger partial charge on any atom is 0.257 e. The third-order valence-electron chi connectivity index (χ3n) is 5.20. The number of amides is 1. The molecular weight excluding hydrogens is 400 g/mol. The molecule has 3 aromatic carbocycles.